The van der Waals surface area contributed by atoms with Crippen LogP contribution in [0.5, 0.6) is 0 Å². The number of halogens is 1. The van der Waals surface area contributed by atoms with E-state index >= 15 is 0 Å². The number of hydrogen-bond acceptors (Lipinski definition) is 7. The quantitative estimate of drug-likeness (QED) is 0.655. The van der Waals surface area contributed by atoms with Crippen LogP contribution in [-0.2, 0) is 24.3 Å². The van der Waals surface area contributed by atoms with Gasteiger partial charge in [0.15, 0.2) is 0 Å². The number of methoxy groups -OCH3 is 2. The SMILES string of the molecule is COC(=O)c1cc(NC(=O)CN(c2ccccc2F)S(C)(=O)=O)cc(C(=O)OC)c1. The third-order valence-electron chi connectivity index (χ3n) is 3.87. The maximum atomic E-state index is 14.1. The van der Waals surface area contributed by atoms with Crippen molar-refractivity contribution in [3.05, 3.63) is 59.4 Å². The number of amides is 1. The molecule has 2 aromatic carbocycles. The fraction of sp³-hybridized carbons (Fsp3) is 0.211. The van der Waals surface area contributed by atoms with Crippen molar-refractivity contribution in [1.82, 2.24) is 0 Å². The molecule has 0 spiro atoms. The number of ether oxygens (including phenoxy) is 2. The summed E-state index contributed by atoms with van der Waals surface area (Å²) in [5.74, 6) is -3.18. The summed E-state index contributed by atoms with van der Waals surface area (Å²) in [5, 5.41) is 2.39. The Balaban J connectivity index is 2.34. The first-order valence-electron chi connectivity index (χ1n) is 8.40. The van der Waals surface area contributed by atoms with Crippen molar-refractivity contribution in [2.75, 3.05) is 36.6 Å². The molecule has 0 radical (unpaired) electrons. The van der Waals surface area contributed by atoms with Gasteiger partial charge in [0, 0.05) is 5.69 Å². The van der Waals surface area contributed by atoms with E-state index in [0.29, 0.717) is 4.31 Å². The molecule has 0 atom stereocenters. The number of esters is 2. The van der Waals surface area contributed by atoms with Crippen LogP contribution in [-0.4, -0.2) is 53.3 Å². The molecule has 0 fully saturated rings. The summed E-state index contributed by atoms with van der Waals surface area (Å²) in [4.78, 5) is 36.1. The highest BCUT2D eigenvalue weighted by Gasteiger charge is 2.24. The van der Waals surface area contributed by atoms with Crippen molar-refractivity contribution in [1.29, 1.82) is 0 Å². The van der Waals surface area contributed by atoms with E-state index in [1.807, 2.05) is 0 Å². The number of sulfonamides is 1. The van der Waals surface area contributed by atoms with Crippen molar-refractivity contribution in [2.24, 2.45) is 0 Å². The Morgan fingerprint density at radius 3 is 2.00 bits per heavy atom. The molecule has 0 aliphatic carbocycles. The summed E-state index contributed by atoms with van der Waals surface area (Å²) in [6.07, 6.45) is 0.833. The average molecular weight is 438 g/mol. The van der Waals surface area contributed by atoms with E-state index in [2.05, 4.69) is 14.8 Å². The van der Waals surface area contributed by atoms with E-state index < -0.39 is 40.2 Å². The molecular weight excluding hydrogens is 419 g/mol. The molecule has 0 aromatic heterocycles. The molecule has 0 heterocycles. The lowest BCUT2D eigenvalue weighted by atomic mass is 10.1. The number of benzene rings is 2. The standard InChI is InChI=1S/C19H19FN2O7S/c1-28-18(24)12-8-13(19(25)29-2)10-14(9-12)21-17(23)11-22(30(3,26)27)16-7-5-4-6-15(16)20/h4-10H,11H2,1-3H3,(H,21,23). The second-order valence-electron chi connectivity index (χ2n) is 6.05. The van der Waals surface area contributed by atoms with Crippen molar-refractivity contribution in [3.63, 3.8) is 0 Å². The summed E-state index contributed by atoms with van der Waals surface area (Å²) in [7, 11) is -1.71. The number of nitrogens with zero attached hydrogens (tertiary/aromatic N) is 1. The van der Waals surface area contributed by atoms with Gasteiger partial charge in [0.05, 0.1) is 37.3 Å². The van der Waals surface area contributed by atoms with Gasteiger partial charge in [-0.15, -0.1) is 0 Å². The minimum atomic E-state index is -3.99. The summed E-state index contributed by atoms with van der Waals surface area (Å²) in [5.41, 5.74) is -0.353. The van der Waals surface area contributed by atoms with Crippen LogP contribution < -0.4 is 9.62 Å². The Kier molecular flexibility index (Phi) is 7.11. The van der Waals surface area contributed by atoms with Gasteiger partial charge in [-0.1, -0.05) is 12.1 Å². The first kappa shape index (κ1) is 22.8. The van der Waals surface area contributed by atoms with Gasteiger partial charge < -0.3 is 14.8 Å². The van der Waals surface area contributed by atoms with Crippen LogP contribution in [0.2, 0.25) is 0 Å². The molecule has 2 rings (SSSR count). The molecule has 0 aliphatic heterocycles. The molecule has 2 aromatic rings. The van der Waals surface area contributed by atoms with Crippen LogP contribution in [0.4, 0.5) is 15.8 Å². The number of rotatable bonds is 7. The predicted octanol–water partition coefficient (Wildman–Crippen LogP) is 1.80. The van der Waals surface area contributed by atoms with E-state index in [9.17, 15) is 27.2 Å². The number of carbonyl (C=O) groups excluding carboxylic acids is 3. The molecule has 0 saturated carbocycles. The molecule has 0 unspecified atom stereocenters. The van der Waals surface area contributed by atoms with Gasteiger partial charge in [-0.2, -0.15) is 0 Å². The lowest BCUT2D eigenvalue weighted by Gasteiger charge is -2.22. The number of anilines is 2. The molecule has 160 valence electrons. The third kappa shape index (κ3) is 5.54. The normalized spacial score (nSPS) is 10.8. The third-order valence-corrected chi connectivity index (χ3v) is 4.99. The van der Waals surface area contributed by atoms with Crippen molar-refractivity contribution in [2.45, 2.75) is 0 Å². The maximum absolute atomic E-state index is 14.1. The topological polar surface area (TPSA) is 119 Å². The predicted molar refractivity (Wildman–Crippen MR) is 106 cm³/mol. The Labute approximate surface area is 172 Å². The highest BCUT2D eigenvalue weighted by Crippen LogP contribution is 2.22. The van der Waals surface area contributed by atoms with Gasteiger partial charge >= 0.3 is 11.9 Å². The van der Waals surface area contributed by atoms with Gasteiger partial charge in [0.1, 0.15) is 12.4 Å². The van der Waals surface area contributed by atoms with E-state index in [4.69, 9.17) is 0 Å². The molecule has 9 nitrogen and oxygen atoms in total. The zero-order chi connectivity index (χ0) is 22.5. The molecule has 0 saturated heterocycles. The second kappa shape index (κ2) is 9.35. The Bertz CT molecular complexity index is 1050. The molecule has 1 amide bonds. The van der Waals surface area contributed by atoms with Crippen molar-refractivity contribution < 1.29 is 36.7 Å². The van der Waals surface area contributed by atoms with Gasteiger partial charge in [0.25, 0.3) is 0 Å². The van der Waals surface area contributed by atoms with E-state index in [-0.39, 0.29) is 22.5 Å². The monoisotopic (exact) mass is 438 g/mol. The first-order valence-corrected chi connectivity index (χ1v) is 10.3. The fourth-order valence-corrected chi connectivity index (χ4v) is 3.39. The largest absolute Gasteiger partial charge is 0.465 e. The minimum Gasteiger partial charge on any atom is -0.465 e. The smallest absolute Gasteiger partial charge is 0.337 e. The van der Waals surface area contributed by atoms with Crippen LogP contribution in [0.15, 0.2) is 42.5 Å². The van der Waals surface area contributed by atoms with Crippen molar-refractivity contribution in [3.8, 4) is 0 Å². The molecule has 11 heteroatoms. The van der Waals surface area contributed by atoms with Gasteiger partial charge in [0.2, 0.25) is 15.9 Å². The van der Waals surface area contributed by atoms with Gasteiger partial charge in [-0.3, -0.25) is 9.10 Å². The van der Waals surface area contributed by atoms with Crippen LogP contribution in [0.1, 0.15) is 20.7 Å². The highest BCUT2D eigenvalue weighted by molar-refractivity contribution is 7.92. The van der Waals surface area contributed by atoms with Gasteiger partial charge in [-0.25, -0.2) is 22.4 Å². The van der Waals surface area contributed by atoms with Crippen LogP contribution in [0.3, 0.4) is 0 Å². The summed E-state index contributed by atoms with van der Waals surface area (Å²) < 4.78 is 48.1. The van der Waals surface area contributed by atoms with Crippen LogP contribution in [0.25, 0.3) is 0 Å². The summed E-state index contributed by atoms with van der Waals surface area (Å²) in [6, 6.07) is 8.79. The first-order chi connectivity index (χ1) is 14.1. The Hall–Kier alpha value is -3.47. The van der Waals surface area contributed by atoms with Crippen molar-refractivity contribution >= 4 is 39.2 Å². The van der Waals surface area contributed by atoms with Crippen LogP contribution in [0, 0.1) is 5.82 Å². The maximum Gasteiger partial charge on any atom is 0.337 e. The molecular formula is C19H19FN2O7S. The fourth-order valence-electron chi connectivity index (χ4n) is 2.54. The van der Waals surface area contributed by atoms with E-state index in [0.717, 1.165) is 26.5 Å². The number of nitrogens with one attached hydrogen (secondary N) is 1. The average Bonchev–Trinajstić information content (AvgIpc) is 2.70. The molecule has 1 N–H and O–H groups in total. The summed E-state index contributed by atoms with van der Waals surface area (Å²) in [6.45, 7) is -0.740. The zero-order valence-corrected chi connectivity index (χ0v) is 17.2. The second-order valence-corrected chi connectivity index (χ2v) is 7.96. The minimum absolute atomic E-state index is 0.0188. The zero-order valence-electron chi connectivity index (χ0n) is 16.3. The number of para-hydroxylation sites is 1. The van der Waals surface area contributed by atoms with E-state index in [1.165, 1.54) is 36.4 Å². The van der Waals surface area contributed by atoms with E-state index in [1.54, 1.807) is 0 Å². The number of carbonyl (C=O) groups is 3. The molecule has 0 aliphatic rings. The van der Waals surface area contributed by atoms with Gasteiger partial charge in [-0.05, 0) is 30.3 Å². The lowest BCUT2D eigenvalue weighted by Crippen LogP contribution is -2.38. The summed E-state index contributed by atoms with van der Waals surface area (Å²) >= 11 is 0. The Morgan fingerprint density at radius 2 is 1.53 bits per heavy atom. The Morgan fingerprint density at radius 1 is 1.00 bits per heavy atom. The highest BCUT2D eigenvalue weighted by atomic mass is 32.2. The molecule has 0 bridgehead atoms. The van der Waals surface area contributed by atoms with Crippen LogP contribution >= 0.6 is 0 Å². The molecule has 30 heavy (non-hydrogen) atoms. The lowest BCUT2D eigenvalue weighted by molar-refractivity contribution is -0.114. The number of hydrogen-bond donors (Lipinski definition) is 1.